The van der Waals surface area contributed by atoms with Crippen molar-refractivity contribution in [2.75, 3.05) is 11.9 Å². The van der Waals surface area contributed by atoms with Gasteiger partial charge in [0.15, 0.2) is 5.65 Å². The molecule has 0 radical (unpaired) electrons. The molecule has 1 atom stereocenters. The number of anilines is 1. The molecule has 1 fully saturated rings. The zero-order chi connectivity index (χ0) is 24.9. The predicted molar refractivity (Wildman–Crippen MR) is 127 cm³/mol. The van der Waals surface area contributed by atoms with E-state index in [9.17, 15) is 19.1 Å². The van der Waals surface area contributed by atoms with E-state index in [1.165, 1.54) is 29.5 Å². The molecule has 2 aliphatic rings. The molecule has 2 N–H and O–H groups in total. The summed E-state index contributed by atoms with van der Waals surface area (Å²) < 4.78 is 22.1. The van der Waals surface area contributed by atoms with Crippen LogP contribution >= 0.6 is 11.6 Å². The summed E-state index contributed by atoms with van der Waals surface area (Å²) >= 11 is 6.10. The highest BCUT2D eigenvalue weighted by Crippen LogP contribution is 2.38. The normalized spacial score (nSPS) is 20.5. The Balaban J connectivity index is 1.44. The van der Waals surface area contributed by atoms with Crippen molar-refractivity contribution in [1.29, 1.82) is 0 Å². The Hall–Kier alpha value is -3.24. The number of nitrogens with one attached hydrogen (secondary N) is 1. The summed E-state index contributed by atoms with van der Waals surface area (Å²) in [6.07, 6.45) is 4.24. The highest BCUT2D eigenvalue weighted by molar-refractivity contribution is 6.21. The summed E-state index contributed by atoms with van der Waals surface area (Å²) in [6, 6.07) is 4.97. The molecular weight excluding hydrogens is 477 g/mol. The summed E-state index contributed by atoms with van der Waals surface area (Å²) in [4.78, 5) is 31.7. The van der Waals surface area contributed by atoms with Crippen LogP contribution in [0.5, 0.6) is 5.75 Å². The first-order chi connectivity index (χ1) is 16.6. The van der Waals surface area contributed by atoms with Crippen molar-refractivity contribution in [3.63, 3.8) is 0 Å². The van der Waals surface area contributed by atoms with E-state index >= 15 is 0 Å². The van der Waals surface area contributed by atoms with Gasteiger partial charge in [0.1, 0.15) is 23.6 Å². The van der Waals surface area contributed by atoms with Crippen LogP contribution in [-0.2, 0) is 6.54 Å². The second-order valence-electron chi connectivity index (χ2n) is 9.52. The average Bonchev–Trinajstić information content (AvgIpc) is 3.34. The molecule has 0 unspecified atom stereocenters. The maximum absolute atomic E-state index is 14.5. The number of carbonyl (C=O) groups excluding carboxylic acids is 2. The Labute approximate surface area is 205 Å². The number of ether oxygens (including phenoxy) is 1. The van der Waals surface area contributed by atoms with E-state index in [0.29, 0.717) is 41.1 Å². The lowest BCUT2D eigenvalue weighted by Crippen LogP contribution is -2.42. The molecule has 2 aromatic heterocycles. The van der Waals surface area contributed by atoms with E-state index < -0.39 is 17.7 Å². The smallest absolute Gasteiger partial charge is 0.261 e. The molecule has 2 amide bonds. The summed E-state index contributed by atoms with van der Waals surface area (Å²) in [7, 11) is 0. The van der Waals surface area contributed by atoms with Crippen LogP contribution in [0, 0.1) is 0 Å². The number of fused-ring (bicyclic) bond motifs is 2. The SMILES string of the molecule is CC(C)(O)[C@H](F)CN1Cc2cc(NC(=O)c3cnn4cccnc34)c(OC3CC(Cl)C3)cc2C1=O. The summed E-state index contributed by atoms with van der Waals surface area (Å²) in [6.45, 7) is 2.63. The van der Waals surface area contributed by atoms with Crippen molar-refractivity contribution in [3.8, 4) is 5.75 Å². The van der Waals surface area contributed by atoms with Gasteiger partial charge in [-0.3, -0.25) is 9.59 Å². The first-order valence-electron chi connectivity index (χ1n) is 11.3. The molecule has 0 spiro atoms. The van der Waals surface area contributed by atoms with Crippen LogP contribution in [0.25, 0.3) is 5.65 Å². The van der Waals surface area contributed by atoms with Crippen molar-refractivity contribution < 1.29 is 23.8 Å². The Morgan fingerprint density at radius 2 is 2.17 bits per heavy atom. The van der Waals surface area contributed by atoms with Gasteiger partial charge >= 0.3 is 0 Å². The highest BCUT2D eigenvalue weighted by Gasteiger charge is 2.36. The van der Waals surface area contributed by atoms with Gasteiger partial charge in [0, 0.05) is 42.7 Å². The van der Waals surface area contributed by atoms with E-state index in [2.05, 4.69) is 15.4 Å². The maximum atomic E-state index is 14.5. The minimum Gasteiger partial charge on any atom is -0.488 e. The summed E-state index contributed by atoms with van der Waals surface area (Å²) in [5.74, 6) is -0.450. The molecule has 3 aromatic rings. The number of rotatable bonds is 7. The van der Waals surface area contributed by atoms with Gasteiger partial charge in [-0.1, -0.05) is 0 Å². The zero-order valence-corrected chi connectivity index (χ0v) is 20.0. The number of hydrogen-bond donors (Lipinski definition) is 2. The van der Waals surface area contributed by atoms with Crippen molar-refractivity contribution in [2.24, 2.45) is 0 Å². The molecular formula is C24H25ClFN5O4. The quantitative estimate of drug-likeness (QED) is 0.481. The first-order valence-corrected chi connectivity index (χ1v) is 11.8. The molecule has 11 heteroatoms. The minimum absolute atomic E-state index is 0.0257. The van der Waals surface area contributed by atoms with Crippen LogP contribution in [0.15, 0.2) is 36.8 Å². The number of benzene rings is 1. The van der Waals surface area contributed by atoms with Gasteiger partial charge in [0.2, 0.25) is 0 Å². The van der Waals surface area contributed by atoms with Crippen molar-refractivity contribution in [1.82, 2.24) is 19.5 Å². The largest absolute Gasteiger partial charge is 0.488 e. The third kappa shape index (κ3) is 4.55. The monoisotopic (exact) mass is 501 g/mol. The molecule has 1 aliphatic carbocycles. The highest BCUT2D eigenvalue weighted by atomic mass is 35.5. The Bertz CT molecular complexity index is 1300. The number of hydrogen-bond acceptors (Lipinski definition) is 6. The number of nitrogens with zero attached hydrogens (tertiary/aromatic N) is 4. The second-order valence-corrected chi connectivity index (χ2v) is 10.1. The molecule has 184 valence electrons. The van der Waals surface area contributed by atoms with E-state index in [1.807, 2.05) is 0 Å². The van der Waals surface area contributed by atoms with Crippen LogP contribution in [0.2, 0.25) is 0 Å². The van der Waals surface area contributed by atoms with Crippen LogP contribution < -0.4 is 10.1 Å². The average molecular weight is 502 g/mol. The third-order valence-corrected chi connectivity index (χ3v) is 6.69. The Morgan fingerprint density at radius 1 is 1.40 bits per heavy atom. The van der Waals surface area contributed by atoms with Gasteiger partial charge in [-0.25, -0.2) is 13.9 Å². The fourth-order valence-corrected chi connectivity index (χ4v) is 4.51. The maximum Gasteiger partial charge on any atom is 0.261 e. The number of amides is 2. The van der Waals surface area contributed by atoms with Crippen molar-refractivity contribution >= 4 is 34.7 Å². The van der Waals surface area contributed by atoms with Crippen LogP contribution in [-0.4, -0.2) is 66.2 Å². The third-order valence-electron chi connectivity index (χ3n) is 6.33. The lowest BCUT2D eigenvalue weighted by atomic mass is 9.95. The number of carbonyl (C=O) groups is 2. The molecule has 5 rings (SSSR count). The minimum atomic E-state index is -1.62. The molecule has 9 nitrogen and oxygen atoms in total. The molecule has 0 bridgehead atoms. The number of halogens is 2. The lowest BCUT2D eigenvalue weighted by Gasteiger charge is -2.32. The summed E-state index contributed by atoms with van der Waals surface area (Å²) in [5, 5.41) is 17.0. The standard InChI is InChI=1S/C24H25ClFN5O4/c1-24(2,34)20(26)12-30-11-13-6-18(19(9-16(13)23(30)33)35-15-7-14(25)8-15)29-22(32)17-10-28-31-5-3-4-27-21(17)31/h3-6,9-10,14-15,20,34H,7-8,11-12H2,1-2H3,(H,29,32)/t14?,15?,20-/m1/s1. The zero-order valence-electron chi connectivity index (χ0n) is 19.2. The van der Waals surface area contributed by atoms with Crippen molar-refractivity contribution in [2.45, 2.75) is 56.5 Å². The molecule has 35 heavy (non-hydrogen) atoms. The molecule has 1 saturated carbocycles. The fraction of sp³-hybridized carbons (Fsp3) is 0.417. The van der Waals surface area contributed by atoms with E-state index in [1.54, 1.807) is 30.6 Å². The topological polar surface area (TPSA) is 109 Å². The molecule has 3 heterocycles. The van der Waals surface area contributed by atoms with E-state index in [4.69, 9.17) is 16.3 Å². The lowest BCUT2D eigenvalue weighted by molar-refractivity contribution is -0.0159. The van der Waals surface area contributed by atoms with Gasteiger partial charge in [0.25, 0.3) is 11.8 Å². The molecule has 1 aromatic carbocycles. The van der Waals surface area contributed by atoms with Gasteiger partial charge in [-0.05, 0) is 37.6 Å². The Morgan fingerprint density at radius 3 is 2.89 bits per heavy atom. The van der Waals surface area contributed by atoms with Gasteiger partial charge < -0.3 is 20.1 Å². The summed E-state index contributed by atoms with van der Waals surface area (Å²) in [5.41, 5.74) is 0.496. The number of aromatic nitrogens is 3. The fourth-order valence-electron chi connectivity index (χ4n) is 4.12. The van der Waals surface area contributed by atoms with Crippen LogP contribution in [0.4, 0.5) is 10.1 Å². The van der Waals surface area contributed by atoms with Crippen LogP contribution in [0.1, 0.15) is 53.0 Å². The second kappa shape index (κ2) is 8.76. The number of alkyl halides is 2. The van der Waals surface area contributed by atoms with Crippen LogP contribution in [0.3, 0.4) is 0 Å². The van der Waals surface area contributed by atoms with E-state index in [0.717, 1.165) is 0 Å². The molecule has 1 aliphatic heterocycles. The Kier molecular flexibility index (Phi) is 5.88. The van der Waals surface area contributed by atoms with E-state index in [-0.39, 0.29) is 36.0 Å². The first kappa shape index (κ1) is 23.5. The van der Waals surface area contributed by atoms with Gasteiger partial charge in [-0.15, -0.1) is 11.6 Å². The molecule has 0 saturated heterocycles. The van der Waals surface area contributed by atoms with Gasteiger partial charge in [-0.2, -0.15) is 5.10 Å². The van der Waals surface area contributed by atoms with Crippen molar-refractivity contribution in [3.05, 3.63) is 53.5 Å². The predicted octanol–water partition coefficient (Wildman–Crippen LogP) is 3.20. The number of aliphatic hydroxyl groups is 1. The van der Waals surface area contributed by atoms with Gasteiger partial charge in [0.05, 0.1) is 24.0 Å².